The number of nitrogens with zero attached hydrogens (tertiary/aromatic N) is 4. The third-order valence-electron chi connectivity index (χ3n) is 4.22. The molecule has 0 radical (unpaired) electrons. The molecule has 1 aliphatic heterocycles. The van der Waals surface area contributed by atoms with Gasteiger partial charge in [0.1, 0.15) is 6.33 Å². The van der Waals surface area contributed by atoms with Crippen LogP contribution in [0.1, 0.15) is 23.2 Å². The van der Waals surface area contributed by atoms with E-state index in [1.165, 1.54) is 37.4 Å². The lowest BCUT2D eigenvalue weighted by atomic mass is 9.98. The summed E-state index contributed by atoms with van der Waals surface area (Å²) in [6, 6.07) is 0. The van der Waals surface area contributed by atoms with Gasteiger partial charge in [-0.2, -0.15) is 0 Å². The molecule has 1 aromatic rings. The summed E-state index contributed by atoms with van der Waals surface area (Å²) in [4.78, 5) is 46.8. The van der Waals surface area contributed by atoms with Crippen LogP contribution in [0.25, 0.3) is 0 Å². The maximum atomic E-state index is 12.7. The highest BCUT2D eigenvalue weighted by molar-refractivity contribution is 6.00. The third-order valence-corrected chi connectivity index (χ3v) is 4.22. The first-order valence-corrected chi connectivity index (χ1v) is 8.08. The van der Waals surface area contributed by atoms with Gasteiger partial charge in [-0.25, -0.2) is 9.97 Å². The van der Waals surface area contributed by atoms with Gasteiger partial charge >= 0.3 is 5.97 Å². The molecule has 0 bridgehead atoms. The van der Waals surface area contributed by atoms with Crippen LogP contribution in [-0.2, 0) is 9.59 Å². The Bertz CT molecular complexity index is 673. The third kappa shape index (κ3) is 4.19. The molecule has 0 saturated carbocycles. The first-order valence-electron chi connectivity index (χ1n) is 8.08. The molecule has 1 atom stereocenters. The molecule has 2 amide bonds. The number of aliphatic carboxylic acids is 1. The number of ether oxygens (including phenoxy) is 2. The second-order valence-electron chi connectivity index (χ2n) is 5.95. The molecule has 1 fully saturated rings. The number of carbonyl (C=O) groups is 3. The first-order chi connectivity index (χ1) is 12.4. The van der Waals surface area contributed by atoms with Crippen LogP contribution in [0.4, 0.5) is 0 Å². The topological polar surface area (TPSA) is 122 Å². The van der Waals surface area contributed by atoms with Crippen LogP contribution < -0.4 is 9.47 Å². The van der Waals surface area contributed by atoms with Gasteiger partial charge < -0.3 is 24.4 Å². The Morgan fingerprint density at radius 1 is 1.27 bits per heavy atom. The average Bonchev–Trinajstić information content (AvgIpc) is 2.66. The van der Waals surface area contributed by atoms with E-state index >= 15 is 0 Å². The number of aromatic nitrogens is 2. The van der Waals surface area contributed by atoms with Gasteiger partial charge in [-0.05, 0) is 12.8 Å². The van der Waals surface area contributed by atoms with Gasteiger partial charge in [-0.3, -0.25) is 14.4 Å². The summed E-state index contributed by atoms with van der Waals surface area (Å²) >= 11 is 0. The van der Waals surface area contributed by atoms with Crippen LogP contribution in [0, 0.1) is 5.92 Å². The molecule has 0 aliphatic carbocycles. The van der Waals surface area contributed by atoms with Crippen LogP contribution >= 0.6 is 0 Å². The highest BCUT2D eigenvalue weighted by Gasteiger charge is 2.30. The number of rotatable bonds is 6. The van der Waals surface area contributed by atoms with Gasteiger partial charge in [0.15, 0.2) is 5.56 Å². The summed E-state index contributed by atoms with van der Waals surface area (Å²) < 4.78 is 10.2. The Hall–Kier alpha value is -2.91. The first kappa shape index (κ1) is 19.4. The second-order valence-corrected chi connectivity index (χ2v) is 5.95. The van der Waals surface area contributed by atoms with E-state index in [0.717, 1.165) is 0 Å². The molecule has 1 aliphatic rings. The van der Waals surface area contributed by atoms with E-state index in [2.05, 4.69) is 9.97 Å². The lowest BCUT2D eigenvalue weighted by Crippen LogP contribution is -2.47. The molecule has 1 unspecified atom stereocenters. The molecule has 10 nitrogen and oxygen atoms in total. The number of amides is 2. The van der Waals surface area contributed by atoms with Crippen molar-refractivity contribution in [1.82, 2.24) is 19.8 Å². The number of likely N-dealkylation sites (tertiary alicyclic amines) is 1. The quantitative estimate of drug-likeness (QED) is 0.740. The Kier molecular flexibility index (Phi) is 6.31. The number of carbonyl (C=O) groups excluding carboxylic acids is 2. The fourth-order valence-corrected chi connectivity index (χ4v) is 2.82. The molecule has 1 aromatic heterocycles. The van der Waals surface area contributed by atoms with Crippen molar-refractivity contribution in [3.05, 3.63) is 11.9 Å². The Morgan fingerprint density at radius 3 is 2.42 bits per heavy atom. The van der Waals surface area contributed by atoms with Crippen LogP contribution in [0.5, 0.6) is 11.8 Å². The van der Waals surface area contributed by atoms with Crippen molar-refractivity contribution in [3.8, 4) is 11.8 Å². The number of piperidine rings is 1. The monoisotopic (exact) mass is 366 g/mol. The minimum Gasteiger partial charge on any atom is -0.481 e. The molecular weight excluding hydrogens is 344 g/mol. The van der Waals surface area contributed by atoms with Crippen LogP contribution in [0.15, 0.2) is 6.33 Å². The zero-order valence-electron chi connectivity index (χ0n) is 15.0. The summed E-state index contributed by atoms with van der Waals surface area (Å²) in [6.07, 6.45) is 2.37. The molecule has 10 heteroatoms. The number of methoxy groups -OCH3 is 2. The van der Waals surface area contributed by atoms with Crippen LogP contribution in [0.3, 0.4) is 0 Å². The highest BCUT2D eigenvalue weighted by atomic mass is 16.5. The smallest absolute Gasteiger partial charge is 0.308 e. The average molecular weight is 366 g/mol. The number of likely N-dealkylation sites (N-methyl/N-ethyl adjacent to an activating group) is 1. The van der Waals surface area contributed by atoms with Crippen LogP contribution in [-0.4, -0.2) is 83.6 Å². The summed E-state index contributed by atoms with van der Waals surface area (Å²) in [7, 11) is 4.19. The molecule has 2 heterocycles. The van der Waals surface area contributed by atoms with Gasteiger partial charge in [-0.15, -0.1) is 0 Å². The largest absolute Gasteiger partial charge is 0.481 e. The predicted octanol–water partition coefficient (Wildman–Crippen LogP) is -0.111. The van der Waals surface area contributed by atoms with Crippen molar-refractivity contribution in [1.29, 1.82) is 0 Å². The van der Waals surface area contributed by atoms with Crippen LogP contribution in [0.2, 0.25) is 0 Å². The predicted molar refractivity (Wildman–Crippen MR) is 89.0 cm³/mol. The molecule has 1 N–H and O–H groups in total. The van der Waals surface area contributed by atoms with Gasteiger partial charge in [0.25, 0.3) is 5.91 Å². The molecule has 142 valence electrons. The van der Waals surface area contributed by atoms with Crippen molar-refractivity contribution >= 4 is 17.8 Å². The molecule has 26 heavy (non-hydrogen) atoms. The maximum Gasteiger partial charge on any atom is 0.308 e. The van der Waals surface area contributed by atoms with Crippen molar-refractivity contribution in [2.45, 2.75) is 12.8 Å². The van der Waals surface area contributed by atoms with Gasteiger partial charge in [-0.1, -0.05) is 0 Å². The zero-order valence-corrected chi connectivity index (χ0v) is 15.0. The van der Waals surface area contributed by atoms with E-state index in [1.807, 2.05) is 0 Å². The minimum atomic E-state index is -0.914. The van der Waals surface area contributed by atoms with E-state index in [-0.39, 0.29) is 36.3 Å². The Morgan fingerprint density at radius 2 is 1.88 bits per heavy atom. The van der Waals surface area contributed by atoms with E-state index in [1.54, 1.807) is 0 Å². The van der Waals surface area contributed by atoms with E-state index < -0.39 is 17.8 Å². The SMILES string of the molecule is COc1ncnc(OC)c1C(=O)N(C)CC(=O)N1CCCC(C(=O)O)C1. The molecule has 2 rings (SSSR count). The van der Waals surface area contributed by atoms with Gasteiger partial charge in [0.05, 0.1) is 26.7 Å². The minimum absolute atomic E-state index is 0.0230. The van der Waals surface area contributed by atoms with Crippen molar-refractivity contribution in [2.75, 3.05) is 40.9 Å². The normalized spacial score (nSPS) is 16.7. The Balaban J connectivity index is 2.10. The summed E-state index contributed by atoms with van der Waals surface area (Å²) in [5.41, 5.74) is 0.0230. The lowest BCUT2D eigenvalue weighted by Gasteiger charge is -2.32. The van der Waals surface area contributed by atoms with E-state index in [9.17, 15) is 14.4 Å². The maximum absolute atomic E-state index is 12.7. The summed E-state index contributed by atoms with van der Waals surface area (Å²) in [5.74, 6) is -2.24. The van der Waals surface area contributed by atoms with Crippen molar-refractivity contribution < 1.29 is 29.0 Å². The van der Waals surface area contributed by atoms with E-state index in [4.69, 9.17) is 14.6 Å². The molecular formula is C16H22N4O6. The summed E-state index contributed by atoms with van der Waals surface area (Å²) in [5, 5.41) is 9.13. The molecule has 0 spiro atoms. The van der Waals surface area contributed by atoms with Crippen molar-refractivity contribution in [2.24, 2.45) is 5.92 Å². The van der Waals surface area contributed by atoms with Gasteiger partial charge in [0, 0.05) is 20.1 Å². The summed E-state index contributed by atoms with van der Waals surface area (Å²) in [6.45, 7) is 0.426. The number of hydrogen-bond acceptors (Lipinski definition) is 7. The Labute approximate surface area is 150 Å². The number of carboxylic acid groups (broad SMARTS) is 1. The fraction of sp³-hybridized carbons (Fsp3) is 0.562. The standard InChI is InChI=1S/C16H22N4O6/c1-19(8-11(21)20-6-4-5-10(7-20)16(23)24)15(22)12-13(25-2)17-9-18-14(12)26-3/h9-10H,4-8H2,1-3H3,(H,23,24). The number of carboxylic acids is 1. The zero-order chi connectivity index (χ0) is 19.3. The lowest BCUT2D eigenvalue weighted by molar-refractivity contribution is -0.145. The fourth-order valence-electron chi connectivity index (χ4n) is 2.82. The number of hydrogen-bond donors (Lipinski definition) is 1. The molecule has 0 aromatic carbocycles. The van der Waals surface area contributed by atoms with Crippen molar-refractivity contribution in [3.63, 3.8) is 0 Å². The molecule has 1 saturated heterocycles. The second kappa shape index (κ2) is 8.45. The van der Waals surface area contributed by atoms with Gasteiger partial charge in [0.2, 0.25) is 17.7 Å². The van der Waals surface area contributed by atoms with E-state index in [0.29, 0.717) is 19.4 Å². The highest BCUT2D eigenvalue weighted by Crippen LogP contribution is 2.25.